The fourth-order valence-corrected chi connectivity index (χ4v) is 4.96. The van der Waals surface area contributed by atoms with Crippen LogP contribution in [0.5, 0.6) is 5.75 Å². The molecule has 3 aromatic heterocycles. The molecule has 0 spiro atoms. The van der Waals surface area contributed by atoms with Crippen LogP contribution in [0.4, 0.5) is 0 Å². The van der Waals surface area contributed by atoms with E-state index < -0.39 is 0 Å². The number of fused-ring (bicyclic) bond motifs is 3. The van der Waals surface area contributed by atoms with Crippen LogP contribution in [0.3, 0.4) is 0 Å². The summed E-state index contributed by atoms with van der Waals surface area (Å²) < 4.78 is 12.6. The van der Waals surface area contributed by atoms with Gasteiger partial charge in [0.2, 0.25) is 5.76 Å². The molecule has 0 aromatic carbocycles. The maximum atomic E-state index is 13.3. The van der Waals surface area contributed by atoms with Gasteiger partial charge in [-0.3, -0.25) is 9.79 Å². The van der Waals surface area contributed by atoms with Crippen molar-refractivity contribution in [1.29, 1.82) is 0 Å². The lowest BCUT2D eigenvalue weighted by Gasteiger charge is -2.45. The second kappa shape index (κ2) is 6.55. The molecule has 5 heterocycles. The van der Waals surface area contributed by atoms with Crippen LogP contribution >= 0.6 is 0 Å². The molecule has 1 saturated carbocycles. The number of methoxy groups -OCH3 is 1. The molecule has 0 bridgehead atoms. The van der Waals surface area contributed by atoms with Crippen molar-refractivity contribution in [2.45, 2.75) is 25.3 Å². The zero-order valence-electron chi connectivity index (χ0n) is 16.6. The van der Waals surface area contributed by atoms with Gasteiger partial charge in [0, 0.05) is 24.9 Å². The first-order valence-electron chi connectivity index (χ1n) is 10.2. The first-order chi connectivity index (χ1) is 14.7. The van der Waals surface area contributed by atoms with Crippen LogP contribution in [0.1, 0.15) is 41.6 Å². The Labute approximate surface area is 172 Å². The number of carbonyl (C=O) groups is 1. The highest BCUT2D eigenvalue weighted by Gasteiger charge is 2.44. The van der Waals surface area contributed by atoms with Crippen molar-refractivity contribution in [1.82, 2.24) is 19.5 Å². The smallest absolute Gasteiger partial charge is 0.292 e. The third kappa shape index (κ3) is 2.46. The number of aromatic nitrogens is 3. The van der Waals surface area contributed by atoms with Crippen LogP contribution in [0.25, 0.3) is 5.52 Å². The van der Waals surface area contributed by atoms with E-state index in [4.69, 9.17) is 19.2 Å². The molecule has 1 aliphatic carbocycles. The number of amides is 1. The van der Waals surface area contributed by atoms with Gasteiger partial charge in [-0.05, 0) is 49.0 Å². The molecule has 30 heavy (non-hydrogen) atoms. The highest BCUT2D eigenvalue weighted by molar-refractivity contribution is 5.92. The van der Waals surface area contributed by atoms with Crippen LogP contribution in [0, 0.1) is 11.8 Å². The number of oxazole rings is 1. The summed E-state index contributed by atoms with van der Waals surface area (Å²) in [6.45, 7) is 0.604. The Morgan fingerprint density at radius 1 is 1.33 bits per heavy atom. The van der Waals surface area contributed by atoms with Crippen molar-refractivity contribution in [3.63, 3.8) is 0 Å². The van der Waals surface area contributed by atoms with Crippen molar-refractivity contribution in [3.8, 4) is 5.75 Å². The summed E-state index contributed by atoms with van der Waals surface area (Å²) >= 11 is 0. The molecule has 6 rings (SSSR count). The van der Waals surface area contributed by atoms with E-state index in [1.54, 1.807) is 11.6 Å². The lowest BCUT2D eigenvalue weighted by molar-refractivity contribution is 0.0642. The largest absolute Gasteiger partial charge is 0.494 e. The fraction of sp³-hybridized carbons (Fsp3) is 0.364. The van der Waals surface area contributed by atoms with Gasteiger partial charge in [0.25, 0.3) is 5.91 Å². The number of pyridine rings is 1. The maximum absolute atomic E-state index is 13.3. The second-order valence-electron chi connectivity index (χ2n) is 8.03. The molecular weight excluding hydrogens is 382 g/mol. The van der Waals surface area contributed by atoms with E-state index in [9.17, 15) is 4.79 Å². The van der Waals surface area contributed by atoms with Gasteiger partial charge >= 0.3 is 0 Å². The Morgan fingerprint density at radius 3 is 3.03 bits per heavy atom. The van der Waals surface area contributed by atoms with Gasteiger partial charge in [0.15, 0.2) is 6.39 Å². The molecule has 3 aromatic rings. The van der Waals surface area contributed by atoms with E-state index in [-0.39, 0.29) is 17.7 Å². The number of rotatable bonds is 3. The van der Waals surface area contributed by atoms with Crippen LogP contribution < -0.4 is 4.74 Å². The SMILES string of the molecule is COc1cccn2nc([C@@H]3C4=C(CCN3C(=O)c3cnco3)C3CCC3C=N4)cc12. The summed E-state index contributed by atoms with van der Waals surface area (Å²) in [6.07, 6.45) is 9.92. The third-order valence-electron chi connectivity index (χ3n) is 6.59. The monoisotopic (exact) mass is 403 g/mol. The summed E-state index contributed by atoms with van der Waals surface area (Å²) in [5.74, 6) is 1.86. The molecule has 0 radical (unpaired) electrons. The number of hydrogen-bond donors (Lipinski definition) is 0. The van der Waals surface area contributed by atoms with Gasteiger partial charge < -0.3 is 14.1 Å². The van der Waals surface area contributed by atoms with E-state index in [0.29, 0.717) is 18.4 Å². The summed E-state index contributed by atoms with van der Waals surface area (Å²) in [4.78, 5) is 23.9. The average Bonchev–Trinajstić information content (AvgIpc) is 3.42. The zero-order valence-corrected chi connectivity index (χ0v) is 16.6. The zero-order chi connectivity index (χ0) is 20.2. The summed E-state index contributed by atoms with van der Waals surface area (Å²) in [5, 5.41) is 4.80. The normalized spacial score (nSPS) is 25.1. The molecule has 2 unspecified atom stereocenters. The van der Waals surface area contributed by atoms with Gasteiger partial charge in [-0.15, -0.1) is 0 Å². The lowest BCUT2D eigenvalue weighted by atomic mass is 9.66. The average molecular weight is 403 g/mol. The molecule has 1 fully saturated rings. The lowest BCUT2D eigenvalue weighted by Crippen LogP contribution is -2.44. The van der Waals surface area contributed by atoms with Crippen LogP contribution in [0.2, 0.25) is 0 Å². The summed E-state index contributed by atoms with van der Waals surface area (Å²) in [7, 11) is 1.64. The molecular formula is C22H21N5O3. The van der Waals surface area contributed by atoms with Gasteiger partial charge in [0.05, 0.1) is 24.7 Å². The van der Waals surface area contributed by atoms with Crippen molar-refractivity contribution < 1.29 is 13.9 Å². The van der Waals surface area contributed by atoms with E-state index >= 15 is 0 Å². The standard InChI is InChI=1S/C22H21N5O3/c1-29-18-3-2-7-27-17(18)9-16(25-27)21-20-15(14-5-4-13(14)10-24-20)6-8-26(21)22(28)19-11-23-12-30-19/h2-3,7,9-14,21H,4-6,8H2,1H3/t13?,14?,21-/m1/s1. The predicted molar refractivity (Wildman–Crippen MR) is 108 cm³/mol. The second-order valence-corrected chi connectivity index (χ2v) is 8.03. The van der Waals surface area contributed by atoms with Gasteiger partial charge in [-0.2, -0.15) is 5.10 Å². The third-order valence-corrected chi connectivity index (χ3v) is 6.59. The molecule has 8 nitrogen and oxygen atoms in total. The summed E-state index contributed by atoms with van der Waals surface area (Å²) in [6, 6.07) is 5.42. The number of hydrogen-bond acceptors (Lipinski definition) is 6. The Morgan fingerprint density at radius 2 is 2.27 bits per heavy atom. The van der Waals surface area contributed by atoms with E-state index in [1.165, 1.54) is 31.0 Å². The van der Waals surface area contributed by atoms with Crippen LogP contribution in [-0.2, 0) is 0 Å². The highest BCUT2D eigenvalue weighted by atomic mass is 16.5. The fourth-order valence-electron chi connectivity index (χ4n) is 4.96. The molecule has 3 atom stereocenters. The summed E-state index contributed by atoms with van der Waals surface area (Å²) in [5.41, 5.74) is 3.97. The molecule has 8 heteroatoms. The highest BCUT2D eigenvalue weighted by Crippen LogP contribution is 2.49. The quantitative estimate of drug-likeness (QED) is 0.670. The first-order valence-corrected chi connectivity index (χ1v) is 10.2. The van der Waals surface area contributed by atoms with Crippen molar-refractivity contribution in [3.05, 3.63) is 59.7 Å². The van der Waals surface area contributed by atoms with E-state index in [0.717, 1.165) is 29.1 Å². The van der Waals surface area contributed by atoms with E-state index in [1.807, 2.05) is 29.3 Å². The van der Waals surface area contributed by atoms with Crippen LogP contribution in [-0.4, -0.2) is 45.3 Å². The Hall–Kier alpha value is -3.42. The Balaban J connectivity index is 1.50. The van der Waals surface area contributed by atoms with Gasteiger partial charge in [-0.1, -0.05) is 0 Å². The number of carbonyl (C=O) groups excluding carboxylic acids is 1. The first kappa shape index (κ1) is 17.4. The van der Waals surface area contributed by atoms with Crippen LogP contribution in [0.15, 0.2) is 57.7 Å². The number of ether oxygens (including phenoxy) is 1. The molecule has 0 saturated heterocycles. The Bertz CT molecular complexity index is 1190. The van der Waals surface area contributed by atoms with Crippen molar-refractivity contribution >= 4 is 17.6 Å². The Kier molecular flexibility index (Phi) is 3.81. The van der Waals surface area contributed by atoms with Crippen molar-refractivity contribution in [2.24, 2.45) is 16.8 Å². The maximum Gasteiger partial charge on any atom is 0.292 e. The topological polar surface area (TPSA) is 85.2 Å². The predicted octanol–water partition coefficient (Wildman–Crippen LogP) is 3.28. The molecule has 0 N–H and O–H groups in total. The van der Waals surface area contributed by atoms with Gasteiger partial charge in [0.1, 0.15) is 17.3 Å². The van der Waals surface area contributed by atoms with Crippen molar-refractivity contribution in [2.75, 3.05) is 13.7 Å². The molecule has 152 valence electrons. The molecule has 2 aliphatic heterocycles. The molecule has 1 amide bonds. The minimum absolute atomic E-state index is 0.195. The molecule has 3 aliphatic rings. The van der Waals surface area contributed by atoms with E-state index in [2.05, 4.69) is 11.2 Å². The minimum atomic E-state index is -0.367. The number of nitrogens with zero attached hydrogens (tertiary/aromatic N) is 5. The van der Waals surface area contributed by atoms with Gasteiger partial charge in [-0.25, -0.2) is 9.50 Å². The number of aliphatic imine (C=N–C) groups is 1. The minimum Gasteiger partial charge on any atom is -0.494 e.